The Morgan fingerprint density at radius 3 is 2.67 bits per heavy atom. The molecule has 0 aliphatic rings. The Hall–Kier alpha value is -1.34. The zero-order valence-corrected chi connectivity index (χ0v) is 9.21. The average Bonchev–Trinajstić information content (AvgIpc) is 2.14. The van der Waals surface area contributed by atoms with Crippen molar-refractivity contribution in [2.75, 3.05) is 30.4 Å². The molecule has 0 amide bonds. The monoisotopic (exact) mass is 230 g/mol. The largest absolute Gasteiger partial charge is 0.397 e. The SMILES string of the molecule is CS(=O)(=O)NCCNc1ccc(N)cn1. The van der Waals surface area contributed by atoms with Crippen LogP contribution in [0.1, 0.15) is 0 Å². The summed E-state index contributed by atoms with van der Waals surface area (Å²) in [6.07, 6.45) is 2.65. The van der Waals surface area contributed by atoms with Gasteiger partial charge in [-0.15, -0.1) is 0 Å². The molecule has 0 unspecified atom stereocenters. The maximum absolute atomic E-state index is 10.7. The summed E-state index contributed by atoms with van der Waals surface area (Å²) in [6.45, 7) is 0.800. The fourth-order valence-electron chi connectivity index (χ4n) is 0.937. The molecule has 0 aliphatic heterocycles. The van der Waals surface area contributed by atoms with Crippen LogP contribution in [0.5, 0.6) is 0 Å². The van der Waals surface area contributed by atoms with Gasteiger partial charge in [0.05, 0.1) is 18.1 Å². The number of pyridine rings is 1. The predicted molar refractivity (Wildman–Crippen MR) is 60.0 cm³/mol. The summed E-state index contributed by atoms with van der Waals surface area (Å²) < 4.78 is 23.8. The summed E-state index contributed by atoms with van der Waals surface area (Å²) in [5.41, 5.74) is 6.05. The Balaban J connectivity index is 2.29. The lowest BCUT2D eigenvalue weighted by Gasteiger charge is -2.05. The first-order valence-electron chi connectivity index (χ1n) is 4.37. The molecule has 0 aliphatic carbocycles. The van der Waals surface area contributed by atoms with Crippen molar-refractivity contribution in [3.8, 4) is 0 Å². The smallest absolute Gasteiger partial charge is 0.208 e. The van der Waals surface area contributed by atoms with E-state index in [2.05, 4.69) is 15.0 Å². The van der Waals surface area contributed by atoms with Gasteiger partial charge in [0, 0.05) is 13.1 Å². The van der Waals surface area contributed by atoms with Crippen molar-refractivity contribution in [1.29, 1.82) is 0 Å². The average molecular weight is 230 g/mol. The van der Waals surface area contributed by atoms with E-state index in [4.69, 9.17) is 5.73 Å². The number of aromatic nitrogens is 1. The van der Waals surface area contributed by atoms with Gasteiger partial charge in [-0.05, 0) is 12.1 Å². The van der Waals surface area contributed by atoms with Gasteiger partial charge in [0.2, 0.25) is 10.0 Å². The second kappa shape index (κ2) is 4.94. The van der Waals surface area contributed by atoms with Crippen LogP contribution in [0.2, 0.25) is 0 Å². The predicted octanol–water partition coefficient (Wildman–Crippen LogP) is -0.375. The highest BCUT2D eigenvalue weighted by atomic mass is 32.2. The first kappa shape index (κ1) is 11.7. The molecule has 84 valence electrons. The number of anilines is 2. The number of nitrogens with one attached hydrogen (secondary N) is 2. The highest BCUT2D eigenvalue weighted by Crippen LogP contribution is 2.04. The van der Waals surface area contributed by atoms with Crippen molar-refractivity contribution in [2.24, 2.45) is 0 Å². The van der Waals surface area contributed by atoms with E-state index in [-0.39, 0.29) is 0 Å². The number of rotatable bonds is 5. The highest BCUT2D eigenvalue weighted by Gasteiger charge is 1.98. The second-order valence-corrected chi connectivity index (χ2v) is 4.90. The fraction of sp³-hybridized carbons (Fsp3) is 0.375. The quantitative estimate of drug-likeness (QED) is 0.599. The van der Waals surface area contributed by atoms with Crippen LogP contribution < -0.4 is 15.8 Å². The van der Waals surface area contributed by atoms with Crippen LogP contribution >= 0.6 is 0 Å². The summed E-state index contributed by atoms with van der Waals surface area (Å²) in [4.78, 5) is 4.00. The summed E-state index contributed by atoms with van der Waals surface area (Å²) in [5, 5.41) is 2.95. The van der Waals surface area contributed by atoms with Gasteiger partial charge in [-0.3, -0.25) is 0 Å². The lowest BCUT2D eigenvalue weighted by Crippen LogP contribution is -2.27. The molecular formula is C8H14N4O2S. The maximum atomic E-state index is 10.7. The second-order valence-electron chi connectivity index (χ2n) is 3.07. The lowest BCUT2D eigenvalue weighted by atomic mass is 10.4. The zero-order chi connectivity index (χ0) is 11.3. The zero-order valence-electron chi connectivity index (χ0n) is 8.40. The van der Waals surface area contributed by atoms with Crippen LogP contribution in [-0.4, -0.2) is 32.7 Å². The third-order valence-corrected chi connectivity index (χ3v) is 2.31. The standard InChI is InChI=1S/C8H14N4O2S/c1-15(13,14)12-5-4-10-8-3-2-7(9)6-11-8/h2-3,6,12H,4-5,9H2,1H3,(H,10,11). The summed E-state index contributed by atoms with van der Waals surface area (Å²) >= 11 is 0. The van der Waals surface area contributed by atoms with E-state index in [1.807, 2.05) is 0 Å². The molecule has 4 N–H and O–H groups in total. The molecule has 0 aromatic carbocycles. The minimum atomic E-state index is -3.12. The molecule has 1 aromatic heterocycles. The van der Waals surface area contributed by atoms with Crippen LogP contribution in [0.25, 0.3) is 0 Å². The van der Waals surface area contributed by atoms with Crippen LogP contribution in [0.15, 0.2) is 18.3 Å². The molecular weight excluding hydrogens is 216 g/mol. The first-order valence-corrected chi connectivity index (χ1v) is 6.26. The molecule has 0 fully saturated rings. The van der Waals surface area contributed by atoms with E-state index in [0.29, 0.717) is 24.6 Å². The van der Waals surface area contributed by atoms with Crippen molar-refractivity contribution in [3.63, 3.8) is 0 Å². The molecule has 0 spiro atoms. The Kier molecular flexibility index (Phi) is 3.87. The van der Waals surface area contributed by atoms with E-state index < -0.39 is 10.0 Å². The Labute approximate surface area is 88.9 Å². The van der Waals surface area contributed by atoms with Crippen LogP contribution in [0.4, 0.5) is 11.5 Å². The van der Waals surface area contributed by atoms with Gasteiger partial charge in [0.25, 0.3) is 0 Å². The van der Waals surface area contributed by atoms with Crippen LogP contribution in [0.3, 0.4) is 0 Å². The molecule has 6 nitrogen and oxygen atoms in total. The van der Waals surface area contributed by atoms with Crippen LogP contribution in [-0.2, 0) is 10.0 Å². The van der Waals surface area contributed by atoms with Crippen molar-refractivity contribution in [2.45, 2.75) is 0 Å². The topological polar surface area (TPSA) is 97.1 Å². The van der Waals surface area contributed by atoms with Crippen molar-refractivity contribution < 1.29 is 8.42 Å². The molecule has 0 saturated carbocycles. The number of nitrogen functional groups attached to an aromatic ring is 1. The van der Waals surface area contributed by atoms with Gasteiger partial charge in [0.15, 0.2) is 0 Å². The molecule has 1 heterocycles. The van der Waals surface area contributed by atoms with Gasteiger partial charge in [-0.1, -0.05) is 0 Å². The molecule has 7 heteroatoms. The third-order valence-electron chi connectivity index (χ3n) is 1.58. The normalized spacial score (nSPS) is 11.3. The third kappa shape index (κ3) is 5.18. The number of hydrogen-bond donors (Lipinski definition) is 3. The van der Waals surface area contributed by atoms with Gasteiger partial charge >= 0.3 is 0 Å². The Bertz CT molecular complexity index is 401. The van der Waals surface area contributed by atoms with Gasteiger partial charge in [-0.25, -0.2) is 18.1 Å². The molecule has 1 aromatic rings. The number of hydrogen-bond acceptors (Lipinski definition) is 5. The summed E-state index contributed by atoms with van der Waals surface area (Å²) in [6, 6.07) is 3.45. The molecule has 0 bridgehead atoms. The van der Waals surface area contributed by atoms with E-state index in [1.54, 1.807) is 12.1 Å². The molecule has 0 saturated heterocycles. The Morgan fingerprint density at radius 2 is 2.13 bits per heavy atom. The molecule has 0 atom stereocenters. The summed E-state index contributed by atoms with van der Waals surface area (Å²) in [7, 11) is -3.12. The highest BCUT2D eigenvalue weighted by molar-refractivity contribution is 7.88. The first-order chi connectivity index (χ1) is 6.97. The number of nitrogens with two attached hydrogens (primary N) is 1. The Morgan fingerprint density at radius 1 is 1.40 bits per heavy atom. The van der Waals surface area contributed by atoms with E-state index >= 15 is 0 Å². The minimum Gasteiger partial charge on any atom is -0.397 e. The molecule has 1 rings (SSSR count). The van der Waals surface area contributed by atoms with E-state index in [9.17, 15) is 8.42 Å². The van der Waals surface area contributed by atoms with E-state index in [1.165, 1.54) is 6.20 Å². The fourth-order valence-corrected chi connectivity index (χ4v) is 1.41. The van der Waals surface area contributed by atoms with Gasteiger partial charge in [0.1, 0.15) is 5.82 Å². The number of sulfonamides is 1. The lowest BCUT2D eigenvalue weighted by molar-refractivity contribution is 0.589. The van der Waals surface area contributed by atoms with Gasteiger partial charge in [-0.2, -0.15) is 0 Å². The van der Waals surface area contributed by atoms with Crippen LogP contribution in [0, 0.1) is 0 Å². The van der Waals surface area contributed by atoms with E-state index in [0.717, 1.165) is 6.26 Å². The molecule has 15 heavy (non-hydrogen) atoms. The van der Waals surface area contributed by atoms with Gasteiger partial charge < -0.3 is 11.1 Å². The maximum Gasteiger partial charge on any atom is 0.208 e. The minimum absolute atomic E-state index is 0.324. The van der Waals surface area contributed by atoms with Crippen molar-refractivity contribution in [3.05, 3.63) is 18.3 Å². The summed E-state index contributed by atoms with van der Waals surface area (Å²) in [5.74, 6) is 0.666. The number of nitrogens with zero attached hydrogens (tertiary/aromatic N) is 1. The van der Waals surface area contributed by atoms with Crippen molar-refractivity contribution >= 4 is 21.5 Å². The molecule has 0 radical (unpaired) electrons. The van der Waals surface area contributed by atoms with Crippen molar-refractivity contribution in [1.82, 2.24) is 9.71 Å².